The Hall–Kier alpha value is -5.56. The third-order valence-electron chi connectivity index (χ3n) is 9.25. The standard InChI is InChI=1S/C39H61N9O10/c1-19(2)12-13-27(34(41)53)45-36(55)28(14-20(3)4)44-30(50)18-43-38(57)32(21(5)6)47-37(56)29(15-23-17-42-26-11-9-8-10-24(23)26)46-39(58)33(22(7)49)48-35(54)25(40)16-31(51)52/h8-11,17,19-22,25,27-29,32-33,42,49H,12-16,18,40H2,1-7H3,(H2,41,53)(H,43,57)(H,44,50)(H,45,55)(H,46,58)(H,47,56)(H,48,54)(H,51,52)/t22-,25+,27+,28+,29+,32+,33+/m1/s1. The first-order chi connectivity index (χ1) is 27.1. The van der Waals surface area contributed by atoms with Crippen LogP contribution >= 0.6 is 0 Å². The number of carboxylic acids is 1. The quantitative estimate of drug-likeness (QED) is 0.0614. The molecule has 0 spiro atoms. The molecule has 0 bridgehead atoms. The molecule has 2 aromatic rings. The van der Waals surface area contributed by atoms with Crippen LogP contribution in [-0.4, -0.2) is 111 Å². The third-order valence-corrected chi connectivity index (χ3v) is 9.25. The van der Waals surface area contributed by atoms with Gasteiger partial charge in [0.15, 0.2) is 0 Å². The van der Waals surface area contributed by atoms with Crippen LogP contribution in [0.3, 0.4) is 0 Å². The van der Waals surface area contributed by atoms with E-state index >= 15 is 0 Å². The lowest BCUT2D eigenvalue weighted by atomic mass is 10.00. The number of fused-ring (bicyclic) bond motifs is 1. The lowest BCUT2D eigenvalue weighted by Gasteiger charge is -2.28. The van der Waals surface area contributed by atoms with E-state index in [4.69, 9.17) is 16.6 Å². The SMILES string of the molecule is CC(C)CC[C@H](NC(=O)[C@H](CC(C)C)NC(=O)CNC(=O)[C@@H](NC(=O)[C@H](Cc1c[nH]c2ccccc12)NC(=O)[C@@H](NC(=O)[C@@H](N)CC(=O)O)[C@@H](C)O)C(C)C)C(N)=O. The van der Waals surface area contributed by atoms with E-state index < -0.39 is 109 Å². The van der Waals surface area contributed by atoms with Crippen LogP contribution in [0.2, 0.25) is 0 Å². The summed E-state index contributed by atoms with van der Waals surface area (Å²) in [6.07, 6.45) is 0.485. The summed E-state index contributed by atoms with van der Waals surface area (Å²) in [5, 5.41) is 35.3. The van der Waals surface area contributed by atoms with Crippen LogP contribution in [0.15, 0.2) is 30.5 Å². The van der Waals surface area contributed by atoms with Crippen molar-refractivity contribution < 1.29 is 48.6 Å². The summed E-state index contributed by atoms with van der Waals surface area (Å²) in [5.74, 6) is -7.24. The normalized spacial score (nSPS) is 15.0. The average molecular weight is 816 g/mol. The number of carboxylic acid groups (broad SMARTS) is 1. The second-order valence-electron chi connectivity index (χ2n) is 15.7. The fourth-order valence-corrected chi connectivity index (χ4v) is 6.01. The topological polar surface area (TPSA) is 317 Å². The van der Waals surface area contributed by atoms with E-state index in [0.717, 1.165) is 10.9 Å². The van der Waals surface area contributed by atoms with Crippen LogP contribution in [0.25, 0.3) is 10.9 Å². The molecule has 0 saturated heterocycles. The van der Waals surface area contributed by atoms with Crippen LogP contribution in [0, 0.1) is 17.8 Å². The summed E-state index contributed by atoms with van der Waals surface area (Å²) in [6.45, 7) is 11.6. The minimum atomic E-state index is -1.64. The van der Waals surface area contributed by atoms with Crippen molar-refractivity contribution in [3.05, 3.63) is 36.0 Å². The minimum Gasteiger partial charge on any atom is -0.481 e. The maximum Gasteiger partial charge on any atom is 0.305 e. The molecule has 58 heavy (non-hydrogen) atoms. The fourth-order valence-electron chi connectivity index (χ4n) is 6.01. The second-order valence-corrected chi connectivity index (χ2v) is 15.7. The number of para-hydroxylation sites is 1. The van der Waals surface area contributed by atoms with Gasteiger partial charge in [0, 0.05) is 23.5 Å². The lowest BCUT2D eigenvalue weighted by Crippen LogP contribution is -2.61. The molecular weight excluding hydrogens is 754 g/mol. The Bertz CT molecular complexity index is 1760. The van der Waals surface area contributed by atoms with Gasteiger partial charge in [0.2, 0.25) is 41.4 Å². The zero-order valence-corrected chi connectivity index (χ0v) is 34.2. The van der Waals surface area contributed by atoms with Gasteiger partial charge in [0.1, 0.15) is 30.2 Å². The number of aliphatic hydroxyl groups is 1. The zero-order valence-electron chi connectivity index (χ0n) is 34.2. The van der Waals surface area contributed by atoms with Gasteiger partial charge in [-0.1, -0.05) is 59.7 Å². The monoisotopic (exact) mass is 815 g/mol. The number of carbonyl (C=O) groups is 8. The highest BCUT2D eigenvalue weighted by Crippen LogP contribution is 2.20. The fraction of sp³-hybridized carbons (Fsp3) is 0.590. The molecule has 0 fully saturated rings. The minimum absolute atomic E-state index is 0.0341. The molecule has 2 rings (SSSR count). The number of aliphatic carboxylic acids is 1. The van der Waals surface area contributed by atoms with Crippen LogP contribution in [0.1, 0.15) is 79.7 Å². The summed E-state index contributed by atoms with van der Waals surface area (Å²) in [4.78, 5) is 106. The van der Waals surface area contributed by atoms with Gasteiger partial charge in [-0.2, -0.15) is 0 Å². The molecule has 0 saturated carbocycles. The number of carbonyl (C=O) groups excluding carboxylic acids is 7. The van der Waals surface area contributed by atoms with Crippen molar-refractivity contribution in [2.75, 3.05) is 6.54 Å². The predicted molar refractivity (Wildman–Crippen MR) is 214 cm³/mol. The maximum absolute atomic E-state index is 14.0. The Labute approximate surface area is 337 Å². The van der Waals surface area contributed by atoms with E-state index in [1.807, 2.05) is 33.8 Å². The number of amides is 7. The van der Waals surface area contributed by atoms with Gasteiger partial charge >= 0.3 is 5.97 Å². The van der Waals surface area contributed by atoms with Gasteiger partial charge in [-0.05, 0) is 55.6 Å². The van der Waals surface area contributed by atoms with Gasteiger partial charge in [-0.25, -0.2) is 0 Å². The van der Waals surface area contributed by atoms with Crippen molar-refractivity contribution in [1.29, 1.82) is 0 Å². The number of aromatic nitrogens is 1. The van der Waals surface area contributed by atoms with Crippen molar-refractivity contribution >= 4 is 58.2 Å². The molecule has 0 radical (unpaired) electrons. The van der Waals surface area contributed by atoms with Crippen molar-refractivity contribution in [1.82, 2.24) is 36.9 Å². The molecule has 1 aromatic heterocycles. The molecule has 1 heterocycles. The number of benzene rings is 1. The number of rotatable bonds is 24. The van der Waals surface area contributed by atoms with Crippen molar-refractivity contribution in [3.63, 3.8) is 0 Å². The van der Waals surface area contributed by atoms with E-state index in [2.05, 4.69) is 36.9 Å². The largest absolute Gasteiger partial charge is 0.481 e. The Morgan fingerprint density at radius 2 is 1.31 bits per heavy atom. The summed E-state index contributed by atoms with van der Waals surface area (Å²) in [6, 6.07) is -0.551. The Balaban J connectivity index is 2.26. The maximum atomic E-state index is 14.0. The van der Waals surface area contributed by atoms with E-state index in [1.165, 1.54) is 6.92 Å². The number of nitrogens with one attached hydrogen (secondary N) is 7. The molecule has 7 amide bonds. The van der Waals surface area contributed by atoms with Gasteiger partial charge in [-0.3, -0.25) is 38.4 Å². The molecule has 322 valence electrons. The molecule has 0 aliphatic carbocycles. The molecule has 19 heteroatoms. The van der Waals surface area contributed by atoms with E-state index in [9.17, 15) is 43.5 Å². The summed E-state index contributed by atoms with van der Waals surface area (Å²) < 4.78 is 0. The third kappa shape index (κ3) is 15.8. The number of nitrogens with two attached hydrogens (primary N) is 2. The van der Waals surface area contributed by atoms with Gasteiger partial charge in [0.05, 0.1) is 25.1 Å². The first kappa shape index (κ1) is 48.6. The highest BCUT2D eigenvalue weighted by atomic mass is 16.4. The number of H-pyrrole nitrogens is 1. The number of aliphatic hydroxyl groups excluding tert-OH is 1. The van der Waals surface area contributed by atoms with E-state index in [1.54, 1.807) is 38.2 Å². The zero-order chi connectivity index (χ0) is 43.9. The summed E-state index contributed by atoms with van der Waals surface area (Å²) in [5.41, 5.74) is 12.5. The lowest BCUT2D eigenvalue weighted by molar-refractivity contribution is -0.140. The highest BCUT2D eigenvalue weighted by Gasteiger charge is 2.34. The van der Waals surface area contributed by atoms with Crippen LogP contribution in [0.5, 0.6) is 0 Å². The second kappa shape index (κ2) is 23.0. The van der Waals surface area contributed by atoms with E-state index in [0.29, 0.717) is 18.4 Å². The highest BCUT2D eigenvalue weighted by molar-refractivity contribution is 5.97. The van der Waals surface area contributed by atoms with Gasteiger partial charge in [0.25, 0.3) is 0 Å². The molecule has 1 aromatic carbocycles. The summed E-state index contributed by atoms with van der Waals surface area (Å²) >= 11 is 0. The Morgan fingerprint density at radius 1 is 0.707 bits per heavy atom. The first-order valence-electron chi connectivity index (χ1n) is 19.4. The average Bonchev–Trinajstić information content (AvgIpc) is 3.54. The van der Waals surface area contributed by atoms with Gasteiger partial charge in [-0.15, -0.1) is 0 Å². The molecule has 0 aliphatic rings. The van der Waals surface area contributed by atoms with Crippen molar-refractivity contribution in [2.45, 2.75) is 123 Å². The summed E-state index contributed by atoms with van der Waals surface area (Å²) in [7, 11) is 0. The molecule has 7 atom stereocenters. The Morgan fingerprint density at radius 3 is 1.88 bits per heavy atom. The van der Waals surface area contributed by atoms with Crippen LogP contribution < -0.4 is 43.4 Å². The molecule has 13 N–H and O–H groups in total. The first-order valence-corrected chi connectivity index (χ1v) is 19.4. The molecule has 0 aliphatic heterocycles. The number of aromatic amines is 1. The van der Waals surface area contributed by atoms with E-state index in [-0.39, 0.29) is 24.7 Å². The Kier molecular flexibility index (Phi) is 19.3. The number of primary amides is 1. The molecule has 0 unspecified atom stereocenters. The van der Waals surface area contributed by atoms with Crippen LogP contribution in [-0.2, 0) is 44.8 Å². The predicted octanol–water partition coefficient (Wildman–Crippen LogP) is -0.943. The number of hydrogen-bond acceptors (Lipinski definition) is 10. The van der Waals surface area contributed by atoms with Crippen LogP contribution in [0.4, 0.5) is 0 Å². The molecular formula is C39H61N9O10. The van der Waals surface area contributed by atoms with Gasteiger partial charge < -0.3 is 58.6 Å². The smallest absolute Gasteiger partial charge is 0.305 e. The van der Waals surface area contributed by atoms with Crippen molar-refractivity contribution in [3.8, 4) is 0 Å². The van der Waals surface area contributed by atoms with Crippen molar-refractivity contribution in [2.24, 2.45) is 29.2 Å². The molecule has 19 nitrogen and oxygen atoms in total. The number of hydrogen-bond donors (Lipinski definition) is 11.